The van der Waals surface area contributed by atoms with Crippen LogP contribution >= 0.6 is 0 Å². The molecule has 0 aromatic heterocycles. The van der Waals surface area contributed by atoms with E-state index >= 15 is 0 Å². The van der Waals surface area contributed by atoms with Gasteiger partial charge < -0.3 is 9.29 Å². The lowest BCUT2D eigenvalue weighted by molar-refractivity contribution is 0.0695. The fourth-order valence-corrected chi connectivity index (χ4v) is 2.55. The van der Waals surface area contributed by atoms with Gasteiger partial charge in [0.1, 0.15) is 16.3 Å². The summed E-state index contributed by atoms with van der Waals surface area (Å²) < 4.78 is 42.0. The van der Waals surface area contributed by atoms with E-state index in [1.807, 2.05) is 0 Å². The highest BCUT2D eigenvalue weighted by Crippen LogP contribution is 2.24. The molecule has 0 radical (unpaired) electrons. The first-order valence-electron chi connectivity index (χ1n) is 5.83. The molecule has 0 saturated heterocycles. The summed E-state index contributed by atoms with van der Waals surface area (Å²) in [4.78, 5) is 10.9. The van der Waals surface area contributed by atoms with Crippen molar-refractivity contribution in [2.75, 3.05) is 0 Å². The second-order valence-corrected chi connectivity index (χ2v) is 5.84. The molecular weight excluding hydrogens is 299 g/mol. The molecule has 0 amide bonds. The zero-order valence-electron chi connectivity index (χ0n) is 10.9. The molecule has 0 aliphatic rings. The quantitative estimate of drug-likeness (QED) is 0.878. The topological polar surface area (TPSA) is 80.7 Å². The Kier molecular flexibility index (Phi) is 3.95. The second kappa shape index (κ2) is 5.53. The molecule has 0 unspecified atom stereocenters. The maximum Gasteiger partial charge on any atom is 0.339 e. The Balaban J connectivity index is 2.43. The van der Waals surface area contributed by atoms with E-state index < -0.39 is 33.2 Å². The number of carboxylic acid groups (broad SMARTS) is 1. The predicted octanol–water partition coefficient (Wildman–Crippen LogP) is 2.60. The Hall–Kier alpha value is -2.41. The fourth-order valence-electron chi connectivity index (χ4n) is 1.61. The van der Waals surface area contributed by atoms with Crippen molar-refractivity contribution in [3.05, 3.63) is 59.4 Å². The molecule has 0 aliphatic heterocycles. The summed E-state index contributed by atoms with van der Waals surface area (Å²) in [6.07, 6.45) is 0. The minimum Gasteiger partial charge on any atom is -0.478 e. The molecule has 5 nitrogen and oxygen atoms in total. The second-order valence-electron chi connectivity index (χ2n) is 4.30. The Bertz CT molecular complexity index is 782. The fraction of sp³-hybridized carbons (Fsp3) is 0.0714. The number of carbonyl (C=O) groups is 1. The van der Waals surface area contributed by atoms with Gasteiger partial charge in [0.2, 0.25) is 0 Å². The van der Waals surface area contributed by atoms with Gasteiger partial charge in [0, 0.05) is 6.07 Å². The maximum absolute atomic E-state index is 13.2. The average molecular weight is 310 g/mol. The van der Waals surface area contributed by atoms with E-state index in [9.17, 15) is 17.6 Å². The van der Waals surface area contributed by atoms with Crippen molar-refractivity contribution in [1.29, 1.82) is 0 Å². The van der Waals surface area contributed by atoms with Crippen molar-refractivity contribution in [1.82, 2.24) is 0 Å². The summed E-state index contributed by atoms with van der Waals surface area (Å²) in [5.74, 6) is -2.78. The third-order valence-electron chi connectivity index (χ3n) is 2.68. The molecule has 2 aromatic carbocycles. The van der Waals surface area contributed by atoms with Crippen LogP contribution in [0, 0.1) is 12.7 Å². The maximum atomic E-state index is 13.2. The highest BCUT2D eigenvalue weighted by atomic mass is 32.2. The van der Waals surface area contributed by atoms with Crippen molar-refractivity contribution in [3.63, 3.8) is 0 Å². The zero-order valence-corrected chi connectivity index (χ0v) is 11.7. The molecule has 7 heteroatoms. The minimum atomic E-state index is -4.23. The summed E-state index contributed by atoms with van der Waals surface area (Å²) in [6.45, 7) is 1.78. The largest absolute Gasteiger partial charge is 0.478 e. The van der Waals surface area contributed by atoms with E-state index in [2.05, 4.69) is 0 Å². The lowest BCUT2D eigenvalue weighted by atomic mass is 10.2. The standard InChI is InChI=1S/C14H11FO5S/c1-9-2-5-11(6-3-9)21(18,19)20-13-8-10(15)4-7-12(13)14(16)17/h2-8H,1H3,(H,16,17). The third kappa shape index (κ3) is 3.38. The third-order valence-corrected chi connectivity index (χ3v) is 3.93. The molecular formula is C14H11FO5S. The summed E-state index contributed by atoms with van der Waals surface area (Å²) in [6, 6.07) is 8.36. The molecule has 21 heavy (non-hydrogen) atoms. The molecule has 0 atom stereocenters. The van der Waals surface area contributed by atoms with Gasteiger partial charge in [-0.2, -0.15) is 8.42 Å². The molecule has 0 heterocycles. The van der Waals surface area contributed by atoms with Crippen LogP contribution in [-0.2, 0) is 10.1 Å². The number of hydrogen-bond acceptors (Lipinski definition) is 4. The van der Waals surface area contributed by atoms with E-state index in [-0.39, 0.29) is 4.90 Å². The summed E-state index contributed by atoms with van der Waals surface area (Å²) in [7, 11) is -4.23. The number of aromatic carboxylic acids is 1. The van der Waals surface area contributed by atoms with Gasteiger partial charge in [0.25, 0.3) is 0 Å². The SMILES string of the molecule is Cc1ccc(S(=O)(=O)Oc2cc(F)ccc2C(=O)O)cc1. The number of halogens is 1. The number of benzene rings is 2. The van der Waals surface area contributed by atoms with Crippen molar-refractivity contribution < 1.29 is 26.9 Å². The molecule has 1 N–H and O–H groups in total. The Morgan fingerprint density at radius 2 is 1.76 bits per heavy atom. The van der Waals surface area contributed by atoms with Gasteiger partial charge in [-0.25, -0.2) is 9.18 Å². The molecule has 0 bridgehead atoms. The number of carboxylic acids is 1. The van der Waals surface area contributed by atoms with Gasteiger partial charge in [-0.15, -0.1) is 0 Å². The predicted molar refractivity (Wildman–Crippen MR) is 72.4 cm³/mol. The van der Waals surface area contributed by atoms with E-state index in [1.54, 1.807) is 19.1 Å². The first-order valence-corrected chi connectivity index (χ1v) is 7.24. The number of rotatable bonds is 4. The number of aryl methyl sites for hydroxylation is 1. The van der Waals surface area contributed by atoms with E-state index in [0.717, 1.165) is 23.8 Å². The molecule has 2 aromatic rings. The van der Waals surface area contributed by atoms with Gasteiger partial charge in [-0.3, -0.25) is 0 Å². The van der Waals surface area contributed by atoms with Crippen LogP contribution in [0.1, 0.15) is 15.9 Å². The van der Waals surface area contributed by atoms with Crippen LogP contribution in [0.2, 0.25) is 0 Å². The molecule has 0 spiro atoms. The Labute approximate surface area is 120 Å². The van der Waals surface area contributed by atoms with Gasteiger partial charge in [0.05, 0.1) is 0 Å². The first kappa shape index (κ1) is 15.0. The van der Waals surface area contributed by atoms with Crippen LogP contribution in [0.4, 0.5) is 4.39 Å². The van der Waals surface area contributed by atoms with Crippen LogP contribution in [0.15, 0.2) is 47.4 Å². The van der Waals surface area contributed by atoms with Crippen molar-refractivity contribution >= 4 is 16.1 Å². The van der Waals surface area contributed by atoms with Crippen molar-refractivity contribution in [2.45, 2.75) is 11.8 Å². The molecule has 110 valence electrons. The van der Waals surface area contributed by atoms with Gasteiger partial charge in [0.15, 0.2) is 5.75 Å². The lowest BCUT2D eigenvalue weighted by Crippen LogP contribution is -2.12. The van der Waals surface area contributed by atoms with E-state index in [0.29, 0.717) is 0 Å². The van der Waals surface area contributed by atoms with Crippen LogP contribution in [-0.4, -0.2) is 19.5 Å². The molecule has 0 fully saturated rings. The van der Waals surface area contributed by atoms with Crippen LogP contribution in [0.5, 0.6) is 5.75 Å². The summed E-state index contributed by atoms with van der Waals surface area (Å²) >= 11 is 0. The normalized spacial score (nSPS) is 11.1. The highest BCUT2D eigenvalue weighted by Gasteiger charge is 2.21. The van der Waals surface area contributed by atoms with Gasteiger partial charge in [-0.1, -0.05) is 17.7 Å². The summed E-state index contributed by atoms with van der Waals surface area (Å²) in [5.41, 5.74) is 0.415. The Morgan fingerprint density at radius 1 is 1.14 bits per heavy atom. The monoisotopic (exact) mass is 310 g/mol. The average Bonchev–Trinajstić information content (AvgIpc) is 2.38. The highest BCUT2D eigenvalue weighted by molar-refractivity contribution is 7.87. The minimum absolute atomic E-state index is 0.145. The van der Waals surface area contributed by atoms with Gasteiger partial charge >= 0.3 is 16.1 Å². The Morgan fingerprint density at radius 3 is 2.33 bits per heavy atom. The van der Waals surface area contributed by atoms with E-state index in [4.69, 9.17) is 9.29 Å². The van der Waals surface area contributed by atoms with E-state index in [1.165, 1.54) is 12.1 Å². The van der Waals surface area contributed by atoms with Crippen molar-refractivity contribution in [3.8, 4) is 5.75 Å². The summed E-state index contributed by atoms with van der Waals surface area (Å²) in [5, 5.41) is 8.96. The molecule has 2 rings (SSSR count). The number of hydrogen-bond donors (Lipinski definition) is 1. The molecule has 0 aliphatic carbocycles. The zero-order chi connectivity index (χ0) is 15.6. The molecule has 0 saturated carbocycles. The smallest absolute Gasteiger partial charge is 0.339 e. The van der Waals surface area contributed by atoms with Crippen LogP contribution in [0.25, 0.3) is 0 Å². The first-order chi connectivity index (χ1) is 9.79. The van der Waals surface area contributed by atoms with Crippen molar-refractivity contribution in [2.24, 2.45) is 0 Å². The lowest BCUT2D eigenvalue weighted by Gasteiger charge is -2.09. The van der Waals surface area contributed by atoms with Crippen LogP contribution in [0.3, 0.4) is 0 Å². The van der Waals surface area contributed by atoms with Crippen LogP contribution < -0.4 is 4.18 Å². The van der Waals surface area contributed by atoms with Gasteiger partial charge in [-0.05, 0) is 31.2 Å².